The Kier molecular flexibility index (Phi) is 10.2. The average molecular weight is 457 g/mol. The molecule has 6 heteroatoms. The van der Waals surface area contributed by atoms with Crippen molar-refractivity contribution in [3.05, 3.63) is 53.1 Å². The summed E-state index contributed by atoms with van der Waals surface area (Å²) in [6, 6.07) is 9.88. The molecule has 2 aromatic carbocycles. The van der Waals surface area contributed by atoms with Crippen LogP contribution in [0.3, 0.4) is 0 Å². The third kappa shape index (κ3) is 8.44. The minimum absolute atomic E-state index is 0.133. The molecule has 0 heterocycles. The Morgan fingerprint density at radius 2 is 1.73 bits per heavy atom. The third-order valence-corrected chi connectivity index (χ3v) is 4.98. The van der Waals surface area contributed by atoms with Crippen LogP contribution in [0.1, 0.15) is 68.9 Å². The highest BCUT2D eigenvalue weighted by molar-refractivity contribution is 6.11. The van der Waals surface area contributed by atoms with E-state index >= 15 is 0 Å². The smallest absolute Gasteiger partial charge is 0.306 e. The van der Waals surface area contributed by atoms with E-state index in [9.17, 15) is 14.7 Å². The highest BCUT2D eigenvalue weighted by atomic mass is 16.5. The van der Waals surface area contributed by atoms with Gasteiger partial charge in [0.15, 0.2) is 5.78 Å². The molecule has 0 atom stereocenters. The maximum atomic E-state index is 13.1. The van der Waals surface area contributed by atoms with Gasteiger partial charge in [0.25, 0.3) is 0 Å². The Morgan fingerprint density at radius 1 is 0.970 bits per heavy atom. The maximum Gasteiger partial charge on any atom is 0.306 e. The predicted molar refractivity (Wildman–Crippen MR) is 128 cm³/mol. The molecule has 0 spiro atoms. The van der Waals surface area contributed by atoms with Gasteiger partial charge in [-0.3, -0.25) is 9.59 Å². The molecule has 0 aliphatic carbocycles. The second-order valence-electron chi connectivity index (χ2n) is 8.87. The number of hydrogen-bond acceptors (Lipinski definition) is 6. The highest BCUT2D eigenvalue weighted by Crippen LogP contribution is 2.29. The number of rotatable bonds is 13. The minimum atomic E-state index is -0.311. The summed E-state index contributed by atoms with van der Waals surface area (Å²) in [5.74, 6) is 1.28. The molecule has 0 amide bonds. The molecule has 2 rings (SSSR count). The maximum absolute atomic E-state index is 13.1. The number of esters is 1. The number of phenolic OH excluding ortho intramolecular Hbond substituents is 1. The zero-order chi connectivity index (χ0) is 24.4. The van der Waals surface area contributed by atoms with Crippen molar-refractivity contribution in [3.63, 3.8) is 0 Å². The third-order valence-electron chi connectivity index (χ3n) is 4.98. The lowest BCUT2D eigenvalue weighted by Gasteiger charge is -2.14. The van der Waals surface area contributed by atoms with Gasteiger partial charge in [-0.15, -0.1) is 0 Å². The summed E-state index contributed by atoms with van der Waals surface area (Å²) < 4.78 is 16.6. The van der Waals surface area contributed by atoms with Crippen LogP contribution in [-0.4, -0.2) is 36.7 Å². The van der Waals surface area contributed by atoms with E-state index in [1.165, 1.54) is 6.07 Å². The number of carbonyl (C=O) groups is 2. The van der Waals surface area contributed by atoms with Gasteiger partial charge in [-0.05, 0) is 67.5 Å². The van der Waals surface area contributed by atoms with E-state index in [-0.39, 0.29) is 29.5 Å². The quantitative estimate of drug-likeness (QED) is 0.313. The summed E-state index contributed by atoms with van der Waals surface area (Å²) in [7, 11) is 0. The number of aryl methyl sites for hydroxylation is 1. The molecule has 0 aliphatic rings. The standard InChI is InChI=1S/C27H36O6/c1-6-31-26(29)12-8-20-15-21(7-11-25(20)32-14-13-18(2)3)27(30)23-10-9-22(16-24(23)28)33-17-19(4)5/h7,9-11,15-16,18-19,28H,6,8,12-14,17H2,1-5H3. The Bertz CT molecular complexity index is 932. The number of carbonyl (C=O) groups excluding carboxylic acids is 2. The molecule has 33 heavy (non-hydrogen) atoms. The van der Waals surface area contributed by atoms with Gasteiger partial charge in [0.1, 0.15) is 17.2 Å². The number of benzene rings is 2. The van der Waals surface area contributed by atoms with Crippen molar-refractivity contribution in [2.24, 2.45) is 11.8 Å². The number of aromatic hydroxyl groups is 1. The van der Waals surface area contributed by atoms with E-state index in [4.69, 9.17) is 14.2 Å². The van der Waals surface area contributed by atoms with Gasteiger partial charge in [-0.2, -0.15) is 0 Å². The first-order valence-electron chi connectivity index (χ1n) is 11.6. The first kappa shape index (κ1) is 26.2. The number of hydrogen-bond donors (Lipinski definition) is 1. The Hall–Kier alpha value is -3.02. The van der Waals surface area contributed by atoms with Crippen molar-refractivity contribution < 1.29 is 28.9 Å². The zero-order valence-electron chi connectivity index (χ0n) is 20.3. The van der Waals surface area contributed by atoms with E-state index in [1.807, 2.05) is 13.8 Å². The van der Waals surface area contributed by atoms with E-state index in [0.717, 1.165) is 12.0 Å². The second-order valence-corrected chi connectivity index (χ2v) is 8.87. The highest BCUT2D eigenvalue weighted by Gasteiger charge is 2.17. The zero-order valence-corrected chi connectivity index (χ0v) is 20.3. The van der Waals surface area contributed by atoms with Gasteiger partial charge in [0, 0.05) is 18.1 Å². The van der Waals surface area contributed by atoms with Gasteiger partial charge in [0.2, 0.25) is 0 Å². The second kappa shape index (κ2) is 12.9. The van der Waals surface area contributed by atoms with E-state index in [2.05, 4.69) is 13.8 Å². The lowest BCUT2D eigenvalue weighted by Crippen LogP contribution is -2.09. The molecule has 0 aliphatic heterocycles. The number of phenols is 1. The SMILES string of the molecule is CCOC(=O)CCc1cc(C(=O)c2ccc(OCC(C)C)cc2O)ccc1OCCC(C)C. The Balaban J connectivity index is 2.24. The monoisotopic (exact) mass is 456 g/mol. The summed E-state index contributed by atoms with van der Waals surface area (Å²) in [6.07, 6.45) is 1.49. The molecule has 2 aromatic rings. The van der Waals surface area contributed by atoms with E-state index < -0.39 is 0 Å². The molecule has 0 unspecified atom stereocenters. The summed E-state index contributed by atoms with van der Waals surface area (Å²) >= 11 is 0. The molecule has 0 saturated carbocycles. The van der Waals surface area contributed by atoms with Gasteiger partial charge in [-0.25, -0.2) is 0 Å². The molecule has 0 aromatic heterocycles. The molecule has 0 bridgehead atoms. The summed E-state index contributed by atoms with van der Waals surface area (Å²) in [5, 5.41) is 10.4. The van der Waals surface area contributed by atoms with Crippen molar-refractivity contribution >= 4 is 11.8 Å². The van der Waals surface area contributed by atoms with Gasteiger partial charge >= 0.3 is 5.97 Å². The Labute approximate surface area is 196 Å². The number of ether oxygens (including phenoxy) is 3. The fourth-order valence-electron chi connectivity index (χ4n) is 3.14. The van der Waals surface area contributed by atoms with Gasteiger partial charge in [-0.1, -0.05) is 27.7 Å². The van der Waals surface area contributed by atoms with Crippen molar-refractivity contribution in [1.82, 2.24) is 0 Å². The molecule has 180 valence electrons. The van der Waals surface area contributed by atoms with Crippen LogP contribution in [0, 0.1) is 11.8 Å². The molecule has 0 radical (unpaired) electrons. The fraction of sp³-hybridized carbons (Fsp3) is 0.481. The normalized spacial score (nSPS) is 11.0. The van der Waals surface area contributed by atoms with Crippen LogP contribution in [-0.2, 0) is 16.0 Å². The predicted octanol–water partition coefficient (Wildman–Crippen LogP) is 5.58. The minimum Gasteiger partial charge on any atom is -0.507 e. The Morgan fingerprint density at radius 3 is 2.36 bits per heavy atom. The van der Waals surface area contributed by atoms with Crippen LogP contribution < -0.4 is 9.47 Å². The van der Waals surface area contributed by atoms with Crippen LogP contribution in [0.4, 0.5) is 0 Å². The molecule has 0 saturated heterocycles. The summed E-state index contributed by atoms with van der Waals surface area (Å²) in [6.45, 7) is 11.5. The molecule has 1 N–H and O–H groups in total. The number of ketones is 1. The van der Waals surface area contributed by atoms with Crippen molar-refractivity contribution in [3.8, 4) is 17.2 Å². The average Bonchev–Trinajstić information content (AvgIpc) is 2.76. The summed E-state index contributed by atoms with van der Waals surface area (Å²) in [4.78, 5) is 25.0. The molecule has 6 nitrogen and oxygen atoms in total. The van der Waals surface area contributed by atoms with Gasteiger partial charge in [0.05, 0.1) is 25.4 Å². The van der Waals surface area contributed by atoms with E-state index in [0.29, 0.717) is 55.1 Å². The van der Waals surface area contributed by atoms with Crippen molar-refractivity contribution in [2.45, 2.75) is 53.9 Å². The summed E-state index contributed by atoms with van der Waals surface area (Å²) in [5.41, 5.74) is 1.36. The van der Waals surface area contributed by atoms with Crippen LogP contribution in [0.15, 0.2) is 36.4 Å². The van der Waals surface area contributed by atoms with Crippen LogP contribution >= 0.6 is 0 Å². The molecular formula is C27H36O6. The van der Waals surface area contributed by atoms with Crippen molar-refractivity contribution in [1.29, 1.82) is 0 Å². The lowest BCUT2D eigenvalue weighted by atomic mass is 9.98. The molecule has 0 fully saturated rings. The van der Waals surface area contributed by atoms with Crippen LogP contribution in [0.25, 0.3) is 0 Å². The lowest BCUT2D eigenvalue weighted by molar-refractivity contribution is -0.143. The molecular weight excluding hydrogens is 420 g/mol. The first-order valence-corrected chi connectivity index (χ1v) is 11.6. The van der Waals surface area contributed by atoms with Crippen molar-refractivity contribution in [2.75, 3.05) is 19.8 Å². The first-order chi connectivity index (χ1) is 15.7. The van der Waals surface area contributed by atoms with Gasteiger partial charge < -0.3 is 19.3 Å². The fourth-order valence-corrected chi connectivity index (χ4v) is 3.14. The van der Waals surface area contributed by atoms with Crippen LogP contribution in [0.2, 0.25) is 0 Å². The van der Waals surface area contributed by atoms with Crippen LogP contribution in [0.5, 0.6) is 17.2 Å². The largest absolute Gasteiger partial charge is 0.507 e. The van der Waals surface area contributed by atoms with E-state index in [1.54, 1.807) is 37.3 Å². The topological polar surface area (TPSA) is 82.1 Å².